The van der Waals surface area contributed by atoms with Crippen molar-refractivity contribution in [3.05, 3.63) is 61.2 Å². The van der Waals surface area contributed by atoms with Crippen LogP contribution in [0.2, 0.25) is 0 Å². The summed E-state index contributed by atoms with van der Waals surface area (Å²) in [6.45, 7) is 4.51. The summed E-state index contributed by atoms with van der Waals surface area (Å²) in [5.41, 5.74) is 0.711. The summed E-state index contributed by atoms with van der Waals surface area (Å²) < 4.78 is 16.1. The summed E-state index contributed by atoms with van der Waals surface area (Å²) in [5.74, 6) is 2.18. The molecule has 0 fully saturated rings. The Labute approximate surface area is 148 Å². The first-order valence-corrected chi connectivity index (χ1v) is 8.11. The molecule has 132 valence electrons. The number of hydrogen-bond donors (Lipinski definition) is 1. The van der Waals surface area contributed by atoms with Gasteiger partial charge in [0.05, 0.1) is 13.7 Å². The Balaban J connectivity index is 1.70. The second-order valence-electron chi connectivity index (χ2n) is 5.30. The van der Waals surface area contributed by atoms with Crippen LogP contribution in [-0.4, -0.2) is 26.2 Å². The number of carbonyl (C=O) groups excluding carboxylic acids is 1. The van der Waals surface area contributed by atoms with Crippen LogP contribution in [0.3, 0.4) is 0 Å². The van der Waals surface area contributed by atoms with E-state index in [2.05, 4.69) is 11.9 Å². The topological polar surface area (TPSA) is 56.8 Å². The summed E-state index contributed by atoms with van der Waals surface area (Å²) in [6.07, 6.45) is 2.69. The number of nitrogens with one attached hydrogen (secondary N) is 1. The van der Waals surface area contributed by atoms with E-state index in [1.165, 1.54) is 0 Å². The molecule has 5 heteroatoms. The van der Waals surface area contributed by atoms with E-state index in [0.717, 1.165) is 11.5 Å². The van der Waals surface area contributed by atoms with Crippen LogP contribution in [0.25, 0.3) is 0 Å². The maximum atomic E-state index is 12.0. The number of rotatable bonds is 10. The van der Waals surface area contributed by atoms with Gasteiger partial charge in [-0.1, -0.05) is 18.7 Å². The summed E-state index contributed by atoms with van der Waals surface area (Å²) >= 11 is 0. The minimum Gasteiger partial charge on any atom is -0.497 e. The van der Waals surface area contributed by atoms with Gasteiger partial charge in [-0.05, 0) is 42.8 Å². The molecule has 0 spiro atoms. The van der Waals surface area contributed by atoms with Crippen LogP contribution in [0.15, 0.2) is 61.2 Å². The predicted molar refractivity (Wildman–Crippen MR) is 98.5 cm³/mol. The fourth-order valence-electron chi connectivity index (χ4n) is 2.14. The highest BCUT2D eigenvalue weighted by molar-refractivity contribution is 5.90. The minimum absolute atomic E-state index is 0.0563. The zero-order valence-corrected chi connectivity index (χ0v) is 14.4. The van der Waals surface area contributed by atoms with Crippen LogP contribution in [0.1, 0.15) is 12.8 Å². The van der Waals surface area contributed by atoms with Crippen molar-refractivity contribution in [2.24, 2.45) is 0 Å². The first kappa shape index (κ1) is 18.4. The average Bonchev–Trinajstić information content (AvgIpc) is 2.64. The van der Waals surface area contributed by atoms with Crippen LogP contribution in [0.5, 0.6) is 17.2 Å². The SMILES string of the molecule is C=CCOc1cccc(NC(=O)CCCOc2ccc(OC)cc2)c1. The Bertz CT molecular complexity index is 682. The van der Waals surface area contributed by atoms with E-state index in [1.54, 1.807) is 19.3 Å². The molecule has 2 aromatic rings. The lowest BCUT2D eigenvalue weighted by Gasteiger charge is -2.09. The van der Waals surface area contributed by atoms with Crippen molar-refractivity contribution in [2.75, 3.05) is 25.6 Å². The monoisotopic (exact) mass is 341 g/mol. The quantitative estimate of drug-likeness (QED) is 0.523. The fourth-order valence-corrected chi connectivity index (χ4v) is 2.14. The lowest BCUT2D eigenvalue weighted by Crippen LogP contribution is -2.12. The largest absolute Gasteiger partial charge is 0.497 e. The highest BCUT2D eigenvalue weighted by Crippen LogP contribution is 2.18. The van der Waals surface area contributed by atoms with Gasteiger partial charge in [-0.25, -0.2) is 0 Å². The molecule has 0 atom stereocenters. The minimum atomic E-state index is -0.0563. The molecule has 0 saturated heterocycles. The normalized spacial score (nSPS) is 9.96. The zero-order valence-electron chi connectivity index (χ0n) is 14.4. The van der Waals surface area contributed by atoms with Gasteiger partial charge >= 0.3 is 0 Å². The Morgan fingerprint density at radius 2 is 1.84 bits per heavy atom. The second-order valence-corrected chi connectivity index (χ2v) is 5.30. The number of benzene rings is 2. The van der Waals surface area contributed by atoms with E-state index < -0.39 is 0 Å². The van der Waals surface area contributed by atoms with Crippen molar-refractivity contribution in [1.82, 2.24) is 0 Å². The molecular weight excluding hydrogens is 318 g/mol. The predicted octanol–water partition coefficient (Wildman–Crippen LogP) is 4.06. The van der Waals surface area contributed by atoms with Gasteiger partial charge in [0, 0.05) is 18.2 Å². The number of carbonyl (C=O) groups is 1. The Kier molecular flexibility index (Phi) is 7.38. The third kappa shape index (κ3) is 6.59. The van der Waals surface area contributed by atoms with E-state index in [1.807, 2.05) is 42.5 Å². The molecule has 0 aliphatic rings. The molecule has 0 heterocycles. The number of ether oxygens (including phenoxy) is 3. The molecule has 1 N–H and O–H groups in total. The van der Waals surface area contributed by atoms with Crippen molar-refractivity contribution >= 4 is 11.6 Å². The van der Waals surface area contributed by atoms with Gasteiger partial charge in [-0.3, -0.25) is 4.79 Å². The Morgan fingerprint density at radius 3 is 2.56 bits per heavy atom. The van der Waals surface area contributed by atoms with Gasteiger partial charge in [0.15, 0.2) is 0 Å². The number of methoxy groups -OCH3 is 1. The van der Waals surface area contributed by atoms with Gasteiger partial charge in [-0.15, -0.1) is 0 Å². The second kappa shape index (κ2) is 10.0. The van der Waals surface area contributed by atoms with E-state index in [4.69, 9.17) is 14.2 Å². The van der Waals surface area contributed by atoms with E-state index in [-0.39, 0.29) is 5.91 Å². The molecule has 2 rings (SSSR count). The number of amides is 1. The molecule has 5 nitrogen and oxygen atoms in total. The molecule has 2 aromatic carbocycles. The van der Waals surface area contributed by atoms with Crippen molar-refractivity contribution in [3.63, 3.8) is 0 Å². The lowest BCUT2D eigenvalue weighted by atomic mass is 10.2. The smallest absolute Gasteiger partial charge is 0.224 e. The highest BCUT2D eigenvalue weighted by atomic mass is 16.5. The molecule has 0 saturated carbocycles. The van der Waals surface area contributed by atoms with E-state index in [0.29, 0.717) is 37.5 Å². The first-order chi connectivity index (χ1) is 12.2. The first-order valence-electron chi connectivity index (χ1n) is 8.11. The maximum Gasteiger partial charge on any atom is 0.224 e. The van der Waals surface area contributed by atoms with Gasteiger partial charge in [0.2, 0.25) is 5.91 Å². The van der Waals surface area contributed by atoms with Crippen LogP contribution < -0.4 is 19.5 Å². The standard InChI is InChI=1S/C20H23NO4/c1-3-13-24-19-7-4-6-16(15-19)21-20(22)8-5-14-25-18-11-9-17(23-2)10-12-18/h3-4,6-7,9-12,15H,1,5,8,13-14H2,2H3,(H,21,22). The van der Waals surface area contributed by atoms with Gasteiger partial charge in [0.1, 0.15) is 23.9 Å². The van der Waals surface area contributed by atoms with Crippen LogP contribution in [0.4, 0.5) is 5.69 Å². The number of hydrogen-bond acceptors (Lipinski definition) is 4. The van der Waals surface area contributed by atoms with Crippen LogP contribution in [0, 0.1) is 0 Å². The van der Waals surface area contributed by atoms with Crippen molar-refractivity contribution in [1.29, 1.82) is 0 Å². The molecule has 0 aromatic heterocycles. The molecule has 25 heavy (non-hydrogen) atoms. The molecule has 0 aliphatic carbocycles. The number of anilines is 1. The third-order valence-corrected chi connectivity index (χ3v) is 3.36. The Hall–Kier alpha value is -2.95. The van der Waals surface area contributed by atoms with Crippen LogP contribution in [-0.2, 0) is 4.79 Å². The molecule has 0 bridgehead atoms. The van der Waals surface area contributed by atoms with Crippen molar-refractivity contribution in [2.45, 2.75) is 12.8 Å². The highest BCUT2D eigenvalue weighted by Gasteiger charge is 2.04. The maximum absolute atomic E-state index is 12.0. The summed E-state index contributed by atoms with van der Waals surface area (Å²) in [4.78, 5) is 12.0. The summed E-state index contributed by atoms with van der Waals surface area (Å²) in [5, 5.41) is 2.86. The van der Waals surface area contributed by atoms with Crippen molar-refractivity contribution in [3.8, 4) is 17.2 Å². The fraction of sp³-hybridized carbons (Fsp3) is 0.250. The average molecular weight is 341 g/mol. The van der Waals surface area contributed by atoms with E-state index >= 15 is 0 Å². The van der Waals surface area contributed by atoms with Crippen LogP contribution >= 0.6 is 0 Å². The Morgan fingerprint density at radius 1 is 1.08 bits per heavy atom. The molecular formula is C20H23NO4. The van der Waals surface area contributed by atoms with Crippen molar-refractivity contribution < 1.29 is 19.0 Å². The van der Waals surface area contributed by atoms with Gasteiger partial charge in [-0.2, -0.15) is 0 Å². The molecule has 0 unspecified atom stereocenters. The molecule has 1 amide bonds. The summed E-state index contributed by atoms with van der Waals surface area (Å²) in [7, 11) is 1.62. The molecule has 0 aliphatic heterocycles. The van der Waals surface area contributed by atoms with E-state index in [9.17, 15) is 4.79 Å². The van der Waals surface area contributed by atoms with Gasteiger partial charge < -0.3 is 19.5 Å². The summed E-state index contributed by atoms with van der Waals surface area (Å²) in [6, 6.07) is 14.6. The zero-order chi connectivity index (χ0) is 17.9. The molecule has 0 radical (unpaired) electrons. The van der Waals surface area contributed by atoms with Gasteiger partial charge in [0.25, 0.3) is 0 Å². The third-order valence-electron chi connectivity index (χ3n) is 3.36. The lowest BCUT2D eigenvalue weighted by molar-refractivity contribution is -0.116.